The minimum atomic E-state index is 0.185. The van der Waals surface area contributed by atoms with Gasteiger partial charge in [-0.2, -0.15) is 0 Å². The van der Waals surface area contributed by atoms with Crippen LogP contribution in [0.4, 0.5) is 5.69 Å². The third-order valence-electron chi connectivity index (χ3n) is 3.46. The largest absolute Gasteiger partial charge is 0.494 e. The van der Waals surface area contributed by atoms with E-state index in [9.17, 15) is 0 Å². The van der Waals surface area contributed by atoms with Crippen LogP contribution >= 0.6 is 0 Å². The molecule has 1 unspecified atom stereocenters. The second kappa shape index (κ2) is 4.25. The summed E-state index contributed by atoms with van der Waals surface area (Å²) in [6.45, 7) is 11.7. The molecule has 1 aliphatic heterocycles. The molecule has 1 aliphatic rings. The lowest BCUT2D eigenvalue weighted by atomic mass is 9.81. The summed E-state index contributed by atoms with van der Waals surface area (Å²) < 4.78 is 5.63. The van der Waals surface area contributed by atoms with Crippen LogP contribution < -0.4 is 10.1 Å². The van der Waals surface area contributed by atoms with Gasteiger partial charge in [0, 0.05) is 11.2 Å². The molecule has 0 aromatic heterocycles. The van der Waals surface area contributed by atoms with Crippen molar-refractivity contribution in [2.45, 2.75) is 52.5 Å². The minimum Gasteiger partial charge on any atom is -0.494 e. The Balaban J connectivity index is 2.45. The summed E-state index contributed by atoms with van der Waals surface area (Å²) in [6, 6.07) is 4.32. The number of benzene rings is 1. The summed E-state index contributed by atoms with van der Waals surface area (Å²) in [6.07, 6.45) is 1.16. The maximum Gasteiger partial charge on any atom is 0.119 e. The van der Waals surface area contributed by atoms with Gasteiger partial charge in [-0.15, -0.1) is 0 Å². The third kappa shape index (κ3) is 2.41. The van der Waals surface area contributed by atoms with E-state index >= 15 is 0 Å². The first-order valence-corrected chi connectivity index (χ1v) is 6.48. The van der Waals surface area contributed by atoms with Gasteiger partial charge in [0.25, 0.3) is 0 Å². The van der Waals surface area contributed by atoms with Gasteiger partial charge in [0.15, 0.2) is 0 Å². The number of aryl methyl sites for hydroxylation is 1. The molecule has 2 rings (SSSR count). The van der Waals surface area contributed by atoms with Gasteiger partial charge < -0.3 is 10.1 Å². The van der Waals surface area contributed by atoms with Crippen LogP contribution in [-0.2, 0) is 0 Å². The smallest absolute Gasteiger partial charge is 0.119 e. The van der Waals surface area contributed by atoms with Gasteiger partial charge in [0.2, 0.25) is 0 Å². The van der Waals surface area contributed by atoms with Crippen LogP contribution in [0.5, 0.6) is 5.75 Å². The fraction of sp³-hybridized carbons (Fsp3) is 0.600. The summed E-state index contributed by atoms with van der Waals surface area (Å²) in [5, 5.41) is 3.65. The fourth-order valence-corrected chi connectivity index (χ4v) is 2.85. The van der Waals surface area contributed by atoms with Crippen LogP contribution in [0.1, 0.15) is 51.2 Å². The topological polar surface area (TPSA) is 21.3 Å². The van der Waals surface area contributed by atoms with Crippen LogP contribution in [0, 0.1) is 6.92 Å². The molecule has 2 nitrogen and oxygen atoms in total. The van der Waals surface area contributed by atoms with Gasteiger partial charge in [-0.05, 0) is 63.3 Å². The quantitative estimate of drug-likeness (QED) is 0.830. The van der Waals surface area contributed by atoms with Crippen molar-refractivity contribution in [2.24, 2.45) is 0 Å². The molecule has 0 spiro atoms. The molecule has 0 bridgehead atoms. The molecule has 94 valence electrons. The molecule has 0 aliphatic carbocycles. The lowest BCUT2D eigenvalue weighted by Gasteiger charge is -2.38. The van der Waals surface area contributed by atoms with Crippen molar-refractivity contribution < 1.29 is 4.74 Å². The number of ether oxygens (including phenoxy) is 1. The van der Waals surface area contributed by atoms with Crippen LogP contribution in [-0.4, -0.2) is 12.1 Å². The molecule has 0 saturated carbocycles. The molecule has 17 heavy (non-hydrogen) atoms. The zero-order chi connectivity index (χ0) is 12.6. The Kier molecular flexibility index (Phi) is 3.07. The first-order chi connectivity index (χ1) is 7.93. The van der Waals surface area contributed by atoms with Gasteiger partial charge in [0.05, 0.1) is 6.61 Å². The Hall–Kier alpha value is -1.18. The van der Waals surface area contributed by atoms with E-state index in [0.717, 1.165) is 18.8 Å². The third-order valence-corrected chi connectivity index (χ3v) is 3.46. The van der Waals surface area contributed by atoms with E-state index in [2.05, 4.69) is 45.1 Å². The number of rotatable bonds is 2. The van der Waals surface area contributed by atoms with Crippen molar-refractivity contribution >= 4 is 5.69 Å². The van der Waals surface area contributed by atoms with Gasteiger partial charge in [-0.25, -0.2) is 0 Å². The minimum absolute atomic E-state index is 0.185. The van der Waals surface area contributed by atoms with Crippen LogP contribution in [0.3, 0.4) is 0 Å². The second-order valence-electron chi connectivity index (χ2n) is 5.75. The van der Waals surface area contributed by atoms with E-state index in [1.807, 2.05) is 6.92 Å². The molecule has 1 aromatic carbocycles. The zero-order valence-electron chi connectivity index (χ0n) is 11.6. The highest BCUT2D eigenvalue weighted by Gasteiger charge is 2.30. The molecule has 2 heteroatoms. The van der Waals surface area contributed by atoms with Crippen molar-refractivity contribution in [2.75, 3.05) is 11.9 Å². The van der Waals surface area contributed by atoms with E-state index in [0.29, 0.717) is 5.92 Å². The highest BCUT2D eigenvalue weighted by Crippen LogP contribution is 2.42. The monoisotopic (exact) mass is 233 g/mol. The number of hydrogen-bond acceptors (Lipinski definition) is 2. The standard InChI is InChI=1S/C15H23NO/c1-6-17-12-7-10(2)14-13(8-12)11(3)9-15(4,5)16-14/h7-8,11,16H,6,9H2,1-5H3. The SMILES string of the molecule is CCOc1cc(C)c2c(c1)C(C)CC(C)(C)N2. The molecule has 1 aromatic rings. The van der Waals surface area contributed by atoms with E-state index in [4.69, 9.17) is 4.74 Å². The van der Waals surface area contributed by atoms with Crippen LogP contribution in [0.25, 0.3) is 0 Å². The first-order valence-electron chi connectivity index (χ1n) is 6.48. The van der Waals surface area contributed by atoms with Gasteiger partial charge in [-0.3, -0.25) is 0 Å². The summed E-state index contributed by atoms with van der Waals surface area (Å²) in [5.74, 6) is 1.58. The Labute approximate surface area is 104 Å². The van der Waals surface area contributed by atoms with Crippen LogP contribution in [0.15, 0.2) is 12.1 Å². The predicted octanol–water partition coefficient (Wildman–Crippen LogP) is 4.09. The van der Waals surface area contributed by atoms with E-state index in [1.165, 1.54) is 16.8 Å². The average Bonchev–Trinajstić information content (AvgIpc) is 2.19. The van der Waals surface area contributed by atoms with Gasteiger partial charge in [-0.1, -0.05) is 6.92 Å². The van der Waals surface area contributed by atoms with E-state index < -0.39 is 0 Å². The normalized spacial score (nSPS) is 21.6. The fourth-order valence-electron chi connectivity index (χ4n) is 2.85. The maximum atomic E-state index is 5.63. The molecule has 0 saturated heterocycles. The van der Waals surface area contributed by atoms with Gasteiger partial charge >= 0.3 is 0 Å². The number of hydrogen-bond donors (Lipinski definition) is 1. The molecule has 1 N–H and O–H groups in total. The Bertz CT molecular complexity index is 423. The summed E-state index contributed by atoms with van der Waals surface area (Å²) in [7, 11) is 0. The van der Waals surface area contributed by atoms with E-state index in [1.54, 1.807) is 0 Å². The Morgan fingerprint density at radius 2 is 2.12 bits per heavy atom. The van der Waals surface area contributed by atoms with Crippen molar-refractivity contribution in [3.63, 3.8) is 0 Å². The van der Waals surface area contributed by atoms with Gasteiger partial charge in [0.1, 0.15) is 5.75 Å². The molecule has 1 heterocycles. The lowest BCUT2D eigenvalue weighted by Crippen LogP contribution is -2.37. The number of anilines is 1. The highest BCUT2D eigenvalue weighted by molar-refractivity contribution is 5.64. The molecule has 0 radical (unpaired) electrons. The molecular formula is C15H23NO. The van der Waals surface area contributed by atoms with Crippen molar-refractivity contribution in [3.05, 3.63) is 23.3 Å². The summed E-state index contributed by atoms with van der Waals surface area (Å²) >= 11 is 0. The molecule has 0 fully saturated rings. The molecule has 1 atom stereocenters. The number of fused-ring (bicyclic) bond motifs is 1. The average molecular weight is 233 g/mol. The predicted molar refractivity (Wildman–Crippen MR) is 73.1 cm³/mol. The highest BCUT2D eigenvalue weighted by atomic mass is 16.5. The Morgan fingerprint density at radius 3 is 2.76 bits per heavy atom. The van der Waals surface area contributed by atoms with Crippen molar-refractivity contribution in [3.8, 4) is 5.75 Å². The maximum absolute atomic E-state index is 5.63. The second-order valence-corrected chi connectivity index (χ2v) is 5.75. The summed E-state index contributed by atoms with van der Waals surface area (Å²) in [4.78, 5) is 0. The zero-order valence-corrected chi connectivity index (χ0v) is 11.6. The molecular weight excluding hydrogens is 210 g/mol. The van der Waals surface area contributed by atoms with E-state index in [-0.39, 0.29) is 5.54 Å². The van der Waals surface area contributed by atoms with Crippen molar-refractivity contribution in [1.29, 1.82) is 0 Å². The van der Waals surface area contributed by atoms with Crippen molar-refractivity contribution in [1.82, 2.24) is 0 Å². The first kappa shape index (κ1) is 12.3. The molecule has 0 amide bonds. The Morgan fingerprint density at radius 1 is 1.41 bits per heavy atom. The lowest BCUT2D eigenvalue weighted by molar-refractivity contribution is 0.338. The van der Waals surface area contributed by atoms with Crippen LogP contribution in [0.2, 0.25) is 0 Å². The summed E-state index contributed by atoms with van der Waals surface area (Å²) in [5.41, 5.74) is 4.17. The number of nitrogens with one attached hydrogen (secondary N) is 1.